The van der Waals surface area contributed by atoms with Crippen LogP contribution in [0.3, 0.4) is 0 Å². The number of fused-ring (bicyclic) bond motifs is 1. The Morgan fingerprint density at radius 1 is 1.17 bits per heavy atom. The van der Waals surface area contributed by atoms with E-state index in [4.69, 9.17) is 0 Å². The number of halogens is 1. The molecule has 0 bridgehead atoms. The van der Waals surface area contributed by atoms with Crippen molar-refractivity contribution in [1.82, 2.24) is 4.98 Å². The molecule has 1 aromatic heterocycles. The van der Waals surface area contributed by atoms with E-state index in [1.54, 1.807) is 0 Å². The summed E-state index contributed by atoms with van der Waals surface area (Å²) in [5, 5.41) is 10.9. The van der Waals surface area contributed by atoms with Crippen molar-refractivity contribution in [2.24, 2.45) is 0 Å². The minimum Gasteiger partial charge on any atom is -0.258 e. The first-order chi connectivity index (χ1) is 10.8. The lowest BCUT2D eigenvalue weighted by Gasteiger charge is -2.21. The van der Waals surface area contributed by atoms with Crippen LogP contribution in [0.2, 0.25) is 0 Å². The van der Waals surface area contributed by atoms with E-state index in [1.165, 1.54) is 13.0 Å². The van der Waals surface area contributed by atoms with Crippen LogP contribution in [-0.4, -0.2) is 39.3 Å². The first-order valence-electron chi connectivity index (χ1n) is 6.28. The van der Waals surface area contributed by atoms with E-state index in [0.717, 1.165) is 12.1 Å². The Kier molecular flexibility index (Phi) is 4.22. The smallest absolute Gasteiger partial charge is 0.258 e. The lowest BCUT2D eigenvalue weighted by molar-refractivity contribution is -0.383. The molecule has 1 aromatic carbocycles. The van der Waals surface area contributed by atoms with Gasteiger partial charge in [-0.1, -0.05) is 0 Å². The van der Waals surface area contributed by atoms with E-state index in [0.29, 0.717) is 12.5 Å². The number of rotatable bonds is 4. The summed E-state index contributed by atoms with van der Waals surface area (Å²) >= 11 is 0. The van der Waals surface area contributed by atoms with Crippen LogP contribution in [0, 0.1) is 22.9 Å². The summed E-state index contributed by atoms with van der Waals surface area (Å²) in [4.78, 5) is 14.2. The number of pyridine rings is 1. The van der Waals surface area contributed by atoms with Crippen molar-refractivity contribution in [3.8, 4) is 0 Å². The number of nitro groups is 1. The van der Waals surface area contributed by atoms with Crippen molar-refractivity contribution in [2.75, 3.05) is 16.2 Å². The van der Waals surface area contributed by atoms with Crippen LogP contribution in [0.15, 0.2) is 18.2 Å². The molecule has 9 nitrogen and oxygen atoms in total. The number of hydrogen-bond donors (Lipinski definition) is 0. The Morgan fingerprint density at radius 3 is 2.17 bits per heavy atom. The third kappa shape index (κ3) is 3.14. The highest BCUT2D eigenvalue weighted by Gasteiger charge is 2.35. The molecule has 0 aliphatic carbocycles. The highest BCUT2D eigenvalue weighted by molar-refractivity contribution is 8.09. The third-order valence-corrected chi connectivity index (χ3v) is 6.25. The van der Waals surface area contributed by atoms with Gasteiger partial charge in [0.1, 0.15) is 5.82 Å². The monoisotopic (exact) mass is 377 g/mol. The second-order valence-electron chi connectivity index (χ2n) is 5.04. The summed E-state index contributed by atoms with van der Waals surface area (Å²) < 4.78 is 61.6. The second kappa shape index (κ2) is 5.63. The molecule has 0 unspecified atom stereocenters. The largest absolute Gasteiger partial charge is 0.295 e. The van der Waals surface area contributed by atoms with Gasteiger partial charge in [-0.3, -0.25) is 10.1 Å². The van der Waals surface area contributed by atoms with Gasteiger partial charge in [-0.15, -0.1) is 0 Å². The summed E-state index contributed by atoms with van der Waals surface area (Å²) in [6, 6.07) is 2.93. The summed E-state index contributed by atoms with van der Waals surface area (Å²) in [6.07, 6.45) is 1.16. The van der Waals surface area contributed by atoms with Crippen LogP contribution >= 0.6 is 0 Å². The summed E-state index contributed by atoms with van der Waals surface area (Å²) in [5.41, 5.74) is -1.57. The molecule has 12 heteroatoms. The molecule has 0 spiro atoms. The van der Waals surface area contributed by atoms with Gasteiger partial charge in [-0.25, -0.2) is 26.2 Å². The van der Waals surface area contributed by atoms with Gasteiger partial charge in [-0.2, -0.15) is 3.71 Å². The first-order valence-corrected chi connectivity index (χ1v) is 9.98. The van der Waals surface area contributed by atoms with Gasteiger partial charge in [0.05, 0.1) is 28.6 Å². The zero-order chi connectivity index (χ0) is 18.4. The van der Waals surface area contributed by atoms with E-state index >= 15 is 0 Å². The molecule has 0 aliphatic heterocycles. The minimum absolute atomic E-state index is 0.0202. The van der Waals surface area contributed by atoms with E-state index in [2.05, 4.69) is 4.98 Å². The summed E-state index contributed by atoms with van der Waals surface area (Å²) in [5.74, 6) is -0.855. The van der Waals surface area contributed by atoms with Gasteiger partial charge in [0, 0.05) is 11.5 Å². The van der Waals surface area contributed by atoms with Crippen LogP contribution in [0.1, 0.15) is 5.69 Å². The average molecular weight is 377 g/mol. The quantitative estimate of drug-likeness (QED) is 0.580. The Balaban J connectivity index is 3.11. The molecule has 0 aliphatic rings. The molecule has 0 saturated heterocycles. The van der Waals surface area contributed by atoms with Gasteiger partial charge in [0.25, 0.3) is 5.69 Å². The van der Waals surface area contributed by atoms with Crippen molar-refractivity contribution in [3.63, 3.8) is 0 Å². The van der Waals surface area contributed by atoms with Gasteiger partial charge < -0.3 is 0 Å². The van der Waals surface area contributed by atoms with Gasteiger partial charge >= 0.3 is 0 Å². The maximum Gasteiger partial charge on any atom is 0.295 e. The number of nitro benzene ring substituents is 1. The van der Waals surface area contributed by atoms with Gasteiger partial charge in [-0.05, 0) is 19.1 Å². The summed E-state index contributed by atoms with van der Waals surface area (Å²) in [6.45, 7) is 1.35. The number of hydrogen-bond acceptors (Lipinski definition) is 7. The molecule has 0 amide bonds. The maximum absolute atomic E-state index is 13.9. The molecule has 2 aromatic rings. The van der Waals surface area contributed by atoms with Crippen molar-refractivity contribution < 1.29 is 26.1 Å². The molecule has 0 atom stereocenters. The SMILES string of the molecule is Cc1nc2ccc([N+](=O)[O-])c(N(S(C)(=O)=O)S(C)(=O)=O)c2cc1F. The molecule has 2 rings (SSSR count). The van der Waals surface area contributed by atoms with Crippen LogP contribution < -0.4 is 3.71 Å². The molecule has 0 fully saturated rings. The van der Waals surface area contributed by atoms with Crippen molar-refractivity contribution >= 4 is 42.3 Å². The second-order valence-corrected chi connectivity index (χ2v) is 8.93. The predicted octanol–water partition coefficient (Wildman–Crippen LogP) is 1.32. The minimum atomic E-state index is -4.46. The molecule has 1 heterocycles. The standard InChI is InChI=1S/C12H12FN3O6S2/c1-7-9(13)6-8-10(14-7)4-5-11(15(17)18)12(8)16(23(2,19)20)24(3,21)22/h4-6H,1-3H3. The number of sulfonamides is 2. The fraction of sp³-hybridized carbons (Fsp3) is 0.250. The molecular weight excluding hydrogens is 365 g/mol. The average Bonchev–Trinajstić information content (AvgIpc) is 2.37. The van der Waals surface area contributed by atoms with Crippen molar-refractivity contribution in [2.45, 2.75) is 6.92 Å². The number of anilines is 1. The fourth-order valence-electron chi connectivity index (χ4n) is 2.21. The van der Waals surface area contributed by atoms with E-state index in [-0.39, 0.29) is 20.3 Å². The zero-order valence-corrected chi connectivity index (χ0v) is 14.4. The Hall–Kier alpha value is -2.34. The van der Waals surface area contributed by atoms with Crippen LogP contribution in [0.4, 0.5) is 15.8 Å². The Labute approximate surface area is 137 Å². The summed E-state index contributed by atoms with van der Waals surface area (Å²) in [7, 11) is -8.91. The lowest BCUT2D eigenvalue weighted by Crippen LogP contribution is -2.36. The Morgan fingerprint density at radius 2 is 1.71 bits per heavy atom. The normalized spacial score (nSPS) is 12.3. The van der Waals surface area contributed by atoms with E-state index in [1.807, 2.05) is 0 Å². The third-order valence-electron chi connectivity index (χ3n) is 3.06. The Bertz CT molecular complexity index is 1030. The molecule has 0 saturated carbocycles. The molecule has 0 N–H and O–H groups in total. The van der Waals surface area contributed by atoms with Crippen LogP contribution in [0.25, 0.3) is 10.9 Å². The maximum atomic E-state index is 13.9. The zero-order valence-electron chi connectivity index (χ0n) is 12.7. The van der Waals surface area contributed by atoms with E-state index < -0.39 is 42.2 Å². The number of aromatic nitrogens is 1. The first kappa shape index (κ1) is 18.0. The number of aryl methyl sites for hydroxylation is 1. The fourth-order valence-corrected chi connectivity index (χ4v) is 5.22. The highest BCUT2D eigenvalue weighted by Crippen LogP contribution is 2.38. The molecule has 0 radical (unpaired) electrons. The van der Waals surface area contributed by atoms with E-state index in [9.17, 15) is 31.3 Å². The topological polar surface area (TPSA) is 128 Å². The highest BCUT2D eigenvalue weighted by atomic mass is 32.3. The van der Waals surface area contributed by atoms with Gasteiger partial charge in [0.2, 0.25) is 20.0 Å². The van der Waals surface area contributed by atoms with Gasteiger partial charge in [0.15, 0.2) is 5.69 Å². The van der Waals surface area contributed by atoms with Crippen LogP contribution in [0.5, 0.6) is 0 Å². The molecular formula is C12H12FN3O6S2. The van der Waals surface area contributed by atoms with Crippen molar-refractivity contribution in [1.29, 1.82) is 0 Å². The number of nitrogens with zero attached hydrogens (tertiary/aromatic N) is 3. The lowest BCUT2D eigenvalue weighted by atomic mass is 10.1. The predicted molar refractivity (Wildman–Crippen MR) is 85.3 cm³/mol. The van der Waals surface area contributed by atoms with Crippen LogP contribution in [-0.2, 0) is 20.0 Å². The van der Waals surface area contributed by atoms with Crippen molar-refractivity contribution in [3.05, 3.63) is 39.8 Å². The molecule has 130 valence electrons. The number of benzene rings is 1. The molecule has 24 heavy (non-hydrogen) atoms.